The lowest BCUT2D eigenvalue weighted by Crippen LogP contribution is -2.30. The van der Waals surface area contributed by atoms with Crippen LogP contribution in [0.4, 0.5) is 0 Å². The molecule has 1 aromatic carbocycles. The number of halogens is 1. The van der Waals surface area contributed by atoms with Crippen LogP contribution in [0, 0.1) is 6.92 Å². The molecule has 0 saturated carbocycles. The van der Waals surface area contributed by atoms with E-state index in [2.05, 4.69) is 36.8 Å². The van der Waals surface area contributed by atoms with Gasteiger partial charge in [0.2, 0.25) is 6.79 Å². The lowest BCUT2D eigenvalue weighted by molar-refractivity contribution is 0.174. The monoisotopic (exact) mass is 332 g/mol. The Labute approximate surface area is 142 Å². The number of hydrogen-bond donors (Lipinski definition) is 0. The topological polar surface area (TPSA) is 34.6 Å². The third kappa shape index (κ3) is 3.77. The van der Waals surface area contributed by atoms with Gasteiger partial charge in [0.05, 0.1) is 0 Å². The van der Waals surface area contributed by atoms with Crippen molar-refractivity contribution < 1.29 is 9.47 Å². The van der Waals surface area contributed by atoms with Crippen LogP contribution < -0.4 is 9.47 Å². The number of rotatable bonds is 5. The van der Waals surface area contributed by atoms with Crippen LogP contribution in [0.3, 0.4) is 0 Å². The van der Waals surface area contributed by atoms with Crippen LogP contribution >= 0.6 is 11.6 Å². The van der Waals surface area contributed by atoms with Crippen molar-refractivity contribution in [2.75, 3.05) is 13.8 Å². The Morgan fingerprint density at radius 1 is 1.26 bits per heavy atom. The Bertz CT molecular complexity index is 705. The summed E-state index contributed by atoms with van der Waals surface area (Å²) in [4.78, 5) is 6.72. The molecule has 0 saturated heterocycles. The third-order valence-electron chi connectivity index (χ3n) is 4.19. The Morgan fingerprint density at radius 3 is 2.74 bits per heavy atom. The van der Waals surface area contributed by atoms with Crippen molar-refractivity contribution in [3.8, 4) is 11.5 Å². The highest BCUT2D eigenvalue weighted by molar-refractivity contribution is 6.31. The van der Waals surface area contributed by atoms with Crippen molar-refractivity contribution in [3.63, 3.8) is 0 Å². The van der Waals surface area contributed by atoms with Crippen molar-refractivity contribution in [2.24, 2.45) is 0 Å². The van der Waals surface area contributed by atoms with Gasteiger partial charge in [0.25, 0.3) is 0 Å². The molecule has 1 atom stereocenters. The fourth-order valence-electron chi connectivity index (χ4n) is 2.67. The SMILES string of the molecule is Cc1ccnc(C[C@H](C)N(C)Cc2cc3c(cc2Cl)OCO3)c1. The number of nitrogens with zero attached hydrogens (tertiary/aromatic N) is 2. The lowest BCUT2D eigenvalue weighted by atomic mass is 10.1. The number of aromatic nitrogens is 1. The molecule has 0 fully saturated rings. The molecule has 1 aliphatic rings. The zero-order chi connectivity index (χ0) is 16.4. The summed E-state index contributed by atoms with van der Waals surface area (Å²) in [5.74, 6) is 1.49. The zero-order valence-corrected chi connectivity index (χ0v) is 14.4. The van der Waals surface area contributed by atoms with Gasteiger partial charge in [-0.15, -0.1) is 0 Å². The predicted molar refractivity (Wildman–Crippen MR) is 91.2 cm³/mol. The van der Waals surface area contributed by atoms with E-state index in [-0.39, 0.29) is 6.79 Å². The van der Waals surface area contributed by atoms with Crippen molar-refractivity contribution in [1.29, 1.82) is 0 Å². The summed E-state index contributed by atoms with van der Waals surface area (Å²) in [6.07, 6.45) is 2.77. The first-order valence-corrected chi connectivity index (χ1v) is 8.10. The highest BCUT2D eigenvalue weighted by Crippen LogP contribution is 2.37. The molecule has 23 heavy (non-hydrogen) atoms. The van der Waals surface area contributed by atoms with E-state index >= 15 is 0 Å². The predicted octanol–water partition coefficient (Wildman–Crippen LogP) is 3.84. The van der Waals surface area contributed by atoms with Crippen LogP contribution in [-0.4, -0.2) is 29.8 Å². The maximum absolute atomic E-state index is 6.36. The molecule has 3 rings (SSSR count). The number of ether oxygens (including phenoxy) is 2. The minimum Gasteiger partial charge on any atom is -0.454 e. The van der Waals surface area contributed by atoms with Crippen molar-refractivity contribution in [1.82, 2.24) is 9.88 Å². The highest BCUT2D eigenvalue weighted by atomic mass is 35.5. The first-order valence-electron chi connectivity index (χ1n) is 7.72. The molecule has 0 spiro atoms. The van der Waals surface area contributed by atoms with Gasteiger partial charge >= 0.3 is 0 Å². The summed E-state index contributed by atoms with van der Waals surface area (Å²) in [5, 5.41) is 0.710. The van der Waals surface area contributed by atoms with Crippen LogP contribution in [0.15, 0.2) is 30.5 Å². The third-order valence-corrected chi connectivity index (χ3v) is 4.54. The molecule has 0 bridgehead atoms. The number of fused-ring (bicyclic) bond motifs is 1. The molecule has 122 valence electrons. The zero-order valence-electron chi connectivity index (χ0n) is 13.7. The van der Waals surface area contributed by atoms with E-state index in [1.165, 1.54) is 5.56 Å². The molecule has 0 N–H and O–H groups in total. The lowest BCUT2D eigenvalue weighted by Gasteiger charge is -2.25. The largest absolute Gasteiger partial charge is 0.454 e. The van der Waals surface area contributed by atoms with Crippen LogP contribution in [-0.2, 0) is 13.0 Å². The van der Waals surface area contributed by atoms with Gasteiger partial charge in [-0.25, -0.2) is 0 Å². The van der Waals surface area contributed by atoms with E-state index in [4.69, 9.17) is 21.1 Å². The summed E-state index contributed by atoms with van der Waals surface area (Å²) in [6, 6.07) is 8.31. The van der Waals surface area contributed by atoms with Crippen LogP contribution in [0.25, 0.3) is 0 Å². The van der Waals surface area contributed by atoms with Crippen LogP contribution in [0.5, 0.6) is 11.5 Å². The fraction of sp³-hybridized carbons (Fsp3) is 0.389. The van der Waals surface area contributed by atoms with E-state index in [0.29, 0.717) is 11.1 Å². The molecule has 2 heterocycles. The van der Waals surface area contributed by atoms with Gasteiger partial charge < -0.3 is 9.47 Å². The Balaban J connectivity index is 1.68. The smallest absolute Gasteiger partial charge is 0.231 e. The second-order valence-electron chi connectivity index (χ2n) is 6.09. The first kappa shape index (κ1) is 16.1. The number of aryl methyl sites for hydroxylation is 1. The van der Waals surface area contributed by atoms with Gasteiger partial charge in [0.15, 0.2) is 11.5 Å². The van der Waals surface area contributed by atoms with Crippen LogP contribution in [0.1, 0.15) is 23.7 Å². The number of benzene rings is 1. The Hall–Kier alpha value is -1.78. The normalized spacial score (nSPS) is 14.3. The maximum Gasteiger partial charge on any atom is 0.231 e. The molecule has 2 aromatic rings. The van der Waals surface area contributed by atoms with Gasteiger partial charge in [0.1, 0.15) is 0 Å². The van der Waals surface area contributed by atoms with Crippen molar-refractivity contribution in [2.45, 2.75) is 32.9 Å². The van der Waals surface area contributed by atoms with E-state index < -0.39 is 0 Å². The Morgan fingerprint density at radius 2 is 2.00 bits per heavy atom. The number of pyridine rings is 1. The molecular formula is C18H21ClN2O2. The van der Waals surface area contributed by atoms with E-state index in [1.807, 2.05) is 24.4 Å². The average molecular weight is 333 g/mol. The van der Waals surface area contributed by atoms with E-state index in [9.17, 15) is 0 Å². The number of likely N-dealkylation sites (N-methyl/N-ethyl adjacent to an activating group) is 1. The standard InChI is InChI=1S/C18H21ClN2O2/c1-12-4-5-20-15(6-12)7-13(2)21(3)10-14-8-17-18(9-16(14)19)23-11-22-17/h4-6,8-9,13H,7,10-11H2,1-3H3/t13-/m0/s1. The molecule has 1 aromatic heterocycles. The summed E-state index contributed by atoms with van der Waals surface area (Å²) in [7, 11) is 2.10. The van der Waals surface area contributed by atoms with Gasteiger partial charge in [-0.1, -0.05) is 11.6 Å². The van der Waals surface area contributed by atoms with Gasteiger partial charge in [-0.2, -0.15) is 0 Å². The summed E-state index contributed by atoms with van der Waals surface area (Å²) in [5.41, 5.74) is 3.40. The summed E-state index contributed by atoms with van der Waals surface area (Å²) < 4.78 is 10.8. The molecule has 0 radical (unpaired) electrons. The summed E-state index contributed by atoms with van der Waals surface area (Å²) >= 11 is 6.36. The second kappa shape index (κ2) is 6.77. The quantitative estimate of drug-likeness (QED) is 0.833. The minimum atomic E-state index is 0.264. The molecule has 5 heteroatoms. The summed E-state index contributed by atoms with van der Waals surface area (Å²) in [6.45, 7) is 5.31. The molecule has 0 amide bonds. The average Bonchev–Trinajstić information content (AvgIpc) is 2.94. The first-order chi connectivity index (χ1) is 11.0. The molecular weight excluding hydrogens is 312 g/mol. The van der Waals surface area contributed by atoms with Gasteiger partial charge in [0, 0.05) is 42.0 Å². The maximum atomic E-state index is 6.36. The van der Waals surface area contributed by atoms with Crippen molar-refractivity contribution >= 4 is 11.6 Å². The molecule has 1 aliphatic heterocycles. The minimum absolute atomic E-state index is 0.264. The fourth-order valence-corrected chi connectivity index (χ4v) is 2.89. The van der Waals surface area contributed by atoms with E-state index in [0.717, 1.165) is 35.7 Å². The van der Waals surface area contributed by atoms with Crippen LogP contribution in [0.2, 0.25) is 5.02 Å². The van der Waals surface area contributed by atoms with Gasteiger partial charge in [-0.3, -0.25) is 9.88 Å². The van der Waals surface area contributed by atoms with Crippen molar-refractivity contribution in [3.05, 3.63) is 52.3 Å². The second-order valence-corrected chi connectivity index (χ2v) is 6.50. The Kier molecular flexibility index (Phi) is 4.74. The van der Waals surface area contributed by atoms with E-state index in [1.54, 1.807) is 0 Å². The van der Waals surface area contributed by atoms with Gasteiger partial charge in [-0.05, 0) is 50.2 Å². The number of hydrogen-bond acceptors (Lipinski definition) is 4. The molecule has 0 aliphatic carbocycles. The highest BCUT2D eigenvalue weighted by Gasteiger charge is 2.19. The molecule has 4 nitrogen and oxygen atoms in total. The molecule has 0 unspecified atom stereocenters.